The number of aromatic nitrogens is 2. The summed E-state index contributed by atoms with van der Waals surface area (Å²) in [6.07, 6.45) is 4.45. The van der Waals surface area contributed by atoms with Gasteiger partial charge < -0.3 is 33.3 Å². The first kappa shape index (κ1) is 32.8. The lowest BCUT2D eigenvalue weighted by atomic mass is 10.1. The number of para-hydroxylation sites is 1. The normalized spacial score (nSPS) is 19.1. The monoisotopic (exact) mass is 699 g/mol. The summed E-state index contributed by atoms with van der Waals surface area (Å²) >= 11 is 12.8. The molecule has 10 nitrogen and oxygen atoms in total. The van der Waals surface area contributed by atoms with Crippen molar-refractivity contribution >= 4 is 46.4 Å². The summed E-state index contributed by atoms with van der Waals surface area (Å²) in [5.41, 5.74) is 3.63. The van der Waals surface area contributed by atoms with Crippen LogP contribution in [-0.2, 0) is 21.8 Å². The molecule has 49 heavy (non-hydrogen) atoms. The summed E-state index contributed by atoms with van der Waals surface area (Å²) in [7, 11) is 0. The maximum absolute atomic E-state index is 12.2. The number of nitrogens with zero attached hydrogens (tertiary/aromatic N) is 4. The van der Waals surface area contributed by atoms with Crippen molar-refractivity contribution in [2.24, 2.45) is 0 Å². The highest BCUT2D eigenvalue weighted by atomic mass is 35.5. The minimum absolute atomic E-state index is 0.309. The van der Waals surface area contributed by atoms with Crippen LogP contribution < -0.4 is 24.6 Å². The third kappa shape index (κ3) is 7.95. The molecule has 1 N–H and O–H groups in total. The van der Waals surface area contributed by atoms with Gasteiger partial charge in [-0.05, 0) is 72.8 Å². The first-order chi connectivity index (χ1) is 23.9. The van der Waals surface area contributed by atoms with Gasteiger partial charge in [-0.15, -0.1) is 0 Å². The Morgan fingerprint density at radius 1 is 0.878 bits per heavy atom. The van der Waals surface area contributed by atoms with Crippen molar-refractivity contribution in [1.29, 1.82) is 0 Å². The van der Waals surface area contributed by atoms with Crippen LogP contribution in [0.15, 0.2) is 116 Å². The van der Waals surface area contributed by atoms with Gasteiger partial charge in [-0.3, -0.25) is 5.32 Å². The highest BCUT2D eigenvalue weighted by Crippen LogP contribution is 2.40. The van der Waals surface area contributed by atoms with E-state index < -0.39 is 11.9 Å². The average Bonchev–Trinajstić information content (AvgIpc) is 3.79. The van der Waals surface area contributed by atoms with E-state index in [-0.39, 0.29) is 6.10 Å². The zero-order valence-electron chi connectivity index (χ0n) is 26.6. The number of amides is 1. The van der Waals surface area contributed by atoms with E-state index in [0.29, 0.717) is 46.8 Å². The van der Waals surface area contributed by atoms with E-state index in [1.807, 2.05) is 71.4 Å². The summed E-state index contributed by atoms with van der Waals surface area (Å²) in [5, 5.41) is 3.79. The molecule has 2 aliphatic rings. The highest BCUT2D eigenvalue weighted by Gasteiger charge is 2.45. The largest absolute Gasteiger partial charge is 0.491 e. The lowest BCUT2D eigenvalue weighted by Gasteiger charge is -2.37. The Morgan fingerprint density at radius 2 is 1.57 bits per heavy atom. The molecule has 0 unspecified atom stereocenters. The smallest absolute Gasteiger partial charge is 0.417 e. The summed E-state index contributed by atoms with van der Waals surface area (Å²) in [6, 6.07) is 30.3. The van der Waals surface area contributed by atoms with E-state index >= 15 is 0 Å². The standard InChI is InChI=1S/C37H35Cl2N5O5/c38-27-6-15-34(35(39)22-27)37(25-42-17-16-40-26-42)47-24-33(49-37)23-46-31-13-11-30(12-14-31)44-20-18-43(19-21-44)29-9-7-28(8-10-29)41-36(45)48-32-4-2-1-3-5-32/h1-17,22,26,33H,18-21,23-25H2,(H,41,45)/t33-,37-/m1/s1. The number of carbonyl (C=O) groups is 1. The van der Waals surface area contributed by atoms with Gasteiger partial charge in [-0.25, -0.2) is 9.78 Å². The lowest BCUT2D eigenvalue weighted by Crippen LogP contribution is -2.46. The van der Waals surface area contributed by atoms with Crippen molar-refractivity contribution in [3.8, 4) is 11.5 Å². The zero-order valence-corrected chi connectivity index (χ0v) is 28.1. The predicted octanol–water partition coefficient (Wildman–Crippen LogP) is 7.47. The zero-order chi connectivity index (χ0) is 33.6. The molecule has 1 amide bonds. The fourth-order valence-electron chi connectivity index (χ4n) is 6.04. The maximum Gasteiger partial charge on any atom is 0.417 e. The molecule has 0 saturated carbocycles. The Bertz CT molecular complexity index is 1840. The molecule has 5 aromatic rings. The molecule has 2 saturated heterocycles. The second kappa shape index (κ2) is 14.8. The van der Waals surface area contributed by atoms with Gasteiger partial charge >= 0.3 is 6.09 Å². The molecule has 1 aromatic heterocycles. The Balaban J connectivity index is 0.893. The number of hydrogen-bond donors (Lipinski definition) is 1. The maximum atomic E-state index is 12.2. The summed E-state index contributed by atoms with van der Waals surface area (Å²) < 4.78 is 26.1. The van der Waals surface area contributed by atoms with Crippen LogP contribution >= 0.6 is 23.2 Å². The lowest BCUT2D eigenvalue weighted by molar-refractivity contribution is -0.189. The molecule has 0 radical (unpaired) electrons. The third-order valence-electron chi connectivity index (χ3n) is 8.50. The van der Waals surface area contributed by atoms with Crippen LogP contribution in [-0.4, -0.2) is 61.1 Å². The third-order valence-corrected chi connectivity index (χ3v) is 9.05. The summed E-state index contributed by atoms with van der Waals surface area (Å²) in [5.74, 6) is 0.151. The molecule has 12 heteroatoms. The van der Waals surface area contributed by atoms with E-state index in [0.717, 1.165) is 43.3 Å². The van der Waals surface area contributed by atoms with Crippen LogP contribution in [0.5, 0.6) is 11.5 Å². The van der Waals surface area contributed by atoms with E-state index in [1.54, 1.807) is 36.8 Å². The second-order valence-corrected chi connectivity index (χ2v) is 12.7. The molecule has 2 atom stereocenters. The molecule has 4 aromatic carbocycles. The molecule has 3 heterocycles. The minimum Gasteiger partial charge on any atom is -0.491 e. The van der Waals surface area contributed by atoms with E-state index in [4.69, 9.17) is 42.1 Å². The molecule has 0 spiro atoms. The number of piperazine rings is 1. The number of anilines is 3. The van der Waals surface area contributed by atoms with Gasteiger partial charge in [0.1, 0.15) is 24.2 Å². The summed E-state index contributed by atoms with van der Waals surface area (Å²) in [4.78, 5) is 21.1. The Labute approximate surface area is 294 Å². The SMILES string of the molecule is O=C(Nc1ccc(N2CCN(c3ccc(OC[C@@H]4CO[C@@](Cn5ccnc5)(c5ccc(Cl)cc5Cl)O4)cc3)CC2)cc1)Oc1ccccc1. The number of nitrogens with one attached hydrogen (secondary N) is 1. The van der Waals surface area contributed by atoms with Crippen LogP contribution in [0.4, 0.5) is 21.9 Å². The van der Waals surface area contributed by atoms with Gasteiger partial charge in [0.15, 0.2) is 0 Å². The predicted molar refractivity (Wildman–Crippen MR) is 190 cm³/mol. The van der Waals surface area contributed by atoms with Gasteiger partial charge in [0.05, 0.1) is 24.5 Å². The Kier molecular flexibility index (Phi) is 9.90. The van der Waals surface area contributed by atoms with Crippen molar-refractivity contribution in [2.75, 3.05) is 54.5 Å². The van der Waals surface area contributed by atoms with Crippen molar-refractivity contribution in [3.63, 3.8) is 0 Å². The van der Waals surface area contributed by atoms with Crippen LogP contribution in [0, 0.1) is 0 Å². The van der Waals surface area contributed by atoms with Gasteiger partial charge in [0.2, 0.25) is 5.79 Å². The minimum atomic E-state index is -1.10. The van der Waals surface area contributed by atoms with Crippen molar-refractivity contribution in [1.82, 2.24) is 9.55 Å². The molecule has 0 bridgehead atoms. The molecule has 0 aliphatic carbocycles. The van der Waals surface area contributed by atoms with E-state index in [2.05, 4.69) is 32.2 Å². The molecule has 2 aliphatic heterocycles. The number of hydrogen-bond acceptors (Lipinski definition) is 8. The quantitative estimate of drug-likeness (QED) is 0.161. The number of imidazole rings is 1. The molecular weight excluding hydrogens is 665 g/mol. The number of halogens is 2. The van der Waals surface area contributed by atoms with Crippen molar-refractivity contribution in [2.45, 2.75) is 18.4 Å². The number of carbonyl (C=O) groups excluding carboxylic acids is 1. The number of benzene rings is 4. The van der Waals surface area contributed by atoms with E-state index in [1.165, 1.54) is 0 Å². The first-order valence-corrected chi connectivity index (χ1v) is 16.8. The van der Waals surface area contributed by atoms with Crippen LogP contribution in [0.25, 0.3) is 0 Å². The Morgan fingerprint density at radius 3 is 2.22 bits per heavy atom. The van der Waals surface area contributed by atoms with Crippen LogP contribution in [0.1, 0.15) is 5.56 Å². The number of ether oxygens (including phenoxy) is 4. The van der Waals surface area contributed by atoms with Crippen molar-refractivity contribution in [3.05, 3.63) is 131 Å². The average molecular weight is 701 g/mol. The number of rotatable bonds is 10. The van der Waals surface area contributed by atoms with Gasteiger partial charge in [0.25, 0.3) is 0 Å². The fourth-order valence-corrected chi connectivity index (χ4v) is 6.59. The fraction of sp³-hybridized carbons (Fsp3) is 0.243. The topological polar surface area (TPSA) is 90.3 Å². The van der Waals surface area contributed by atoms with Gasteiger partial charge in [0, 0.05) is 66.2 Å². The van der Waals surface area contributed by atoms with Crippen LogP contribution in [0.3, 0.4) is 0 Å². The molecule has 7 rings (SSSR count). The molecule has 252 valence electrons. The van der Waals surface area contributed by atoms with Crippen molar-refractivity contribution < 1.29 is 23.7 Å². The van der Waals surface area contributed by atoms with E-state index in [9.17, 15) is 4.79 Å². The summed E-state index contributed by atoms with van der Waals surface area (Å²) in [6.45, 7) is 4.54. The molecule has 2 fully saturated rings. The first-order valence-electron chi connectivity index (χ1n) is 16.0. The Hall–Kier alpha value is -4.74. The van der Waals surface area contributed by atoms with Gasteiger partial charge in [-0.1, -0.05) is 47.5 Å². The highest BCUT2D eigenvalue weighted by molar-refractivity contribution is 6.35. The second-order valence-electron chi connectivity index (χ2n) is 11.8. The van der Waals surface area contributed by atoms with Crippen LogP contribution in [0.2, 0.25) is 10.0 Å². The molecular formula is C37H35Cl2N5O5. The van der Waals surface area contributed by atoms with Gasteiger partial charge in [-0.2, -0.15) is 0 Å².